The number of aromatic nitrogens is 1. The van der Waals surface area contributed by atoms with Gasteiger partial charge in [0.05, 0.1) is 5.10 Å². The van der Waals surface area contributed by atoms with Gasteiger partial charge in [0.1, 0.15) is 5.15 Å². The van der Waals surface area contributed by atoms with Crippen molar-refractivity contribution in [3.8, 4) is 0 Å². The van der Waals surface area contributed by atoms with Crippen molar-refractivity contribution in [2.24, 2.45) is 5.10 Å². The molecule has 0 saturated heterocycles. The van der Waals surface area contributed by atoms with E-state index in [0.29, 0.717) is 11.7 Å². The fraction of sp³-hybridized carbons (Fsp3) is 0.400. The Kier molecular flexibility index (Phi) is 6.03. The molecule has 0 atom stereocenters. The summed E-state index contributed by atoms with van der Waals surface area (Å²) in [6.45, 7) is 2.04. The summed E-state index contributed by atoms with van der Waals surface area (Å²) in [4.78, 5) is 15.9. The molecule has 18 heavy (non-hydrogen) atoms. The van der Waals surface area contributed by atoms with E-state index < -0.39 is 5.03 Å². The number of rotatable bonds is 7. The molecule has 0 radical (unpaired) electrons. The highest BCUT2D eigenvalue weighted by molar-refractivity contribution is 6.29. The lowest BCUT2D eigenvalue weighted by molar-refractivity contribution is -0.484. The minimum atomic E-state index is -0.754. The quantitative estimate of drug-likeness (QED) is 0.200. The summed E-state index contributed by atoms with van der Waals surface area (Å²) in [5.41, 5.74) is 1.06. The molecule has 0 amide bonds. The summed E-state index contributed by atoms with van der Waals surface area (Å²) in [7, 11) is 1.95. The lowest BCUT2D eigenvalue weighted by atomic mass is 10.3. The molecular weight excluding hydrogens is 258 g/mol. The topological polar surface area (TPSA) is 83.7 Å². The van der Waals surface area contributed by atoms with E-state index in [0.717, 1.165) is 25.0 Å². The van der Waals surface area contributed by atoms with Crippen molar-refractivity contribution in [3.63, 3.8) is 0 Å². The van der Waals surface area contributed by atoms with E-state index in [2.05, 4.69) is 20.3 Å². The first-order valence-electron chi connectivity index (χ1n) is 5.27. The SMILES string of the molecule is CN(CCN/C=N/[N+](=O)[O-])Cc1ccc(Cl)nc1. The van der Waals surface area contributed by atoms with E-state index in [9.17, 15) is 10.1 Å². The van der Waals surface area contributed by atoms with E-state index in [1.165, 1.54) is 0 Å². The number of nitro groups is 1. The van der Waals surface area contributed by atoms with Gasteiger partial charge in [-0.1, -0.05) is 17.7 Å². The van der Waals surface area contributed by atoms with Gasteiger partial charge >= 0.3 is 0 Å². The van der Waals surface area contributed by atoms with Gasteiger partial charge in [0, 0.05) is 25.8 Å². The molecule has 1 aromatic heterocycles. The highest BCUT2D eigenvalue weighted by atomic mass is 35.5. The van der Waals surface area contributed by atoms with E-state index in [1.54, 1.807) is 12.3 Å². The van der Waals surface area contributed by atoms with Crippen LogP contribution in [0.15, 0.2) is 23.4 Å². The predicted molar refractivity (Wildman–Crippen MR) is 69.1 cm³/mol. The highest BCUT2D eigenvalue weighted by Crippen LogP contribution is 2.06. The second kappa shape index (κ2) is 7.57. The Morgan fingerprint density at radius 1 is 1.67 bits per heavy atom. The van der Waals surface area contributed by atoms with Gasteiger partial charge in [-0.25, -0.2) is 15.1 Å². The molecule has 98 valence electrons. The number of nitrogens with zero attached hydrogens (tertiary/aromatic N) is 4. The molecule has 7 nitrogen and oxygen atoms in total. The van der Waals surface area contributed by atoms with Crippen LogP contribution in [0.4, 0.5) is 0 Å². The van der Waals surface area contributed by atoms with Crippen molar-refractivity contribution < 1.29 is 5.03 Å². The summed E-state index contributed by atoms with van der Waals surface area (Å²) < 4.78 is 0. The second-order valence-corrected chi connectivity index (χ2v) is 4.05. The fourth-order valence-electron chi connectivity index (χ4n) is 1.30. The van der Waals surface area contributed by atoms with Crippen molar-refractivity contribution >= 4 is 17.9 Å². The van der Waals surface area contributed by atoms with E-state index in [4.69, 9.17) is 11.6 Å². The van der Waals surface area contributed by atoms with Gasteiger partial charge in [0.2, 0.25) is 0 Å². The zero-order valence-electron chi connectivity index (χ0n) is 9.91. The molecule has 8 heteroatoms. The fourth-order valence-corrected chi connectivity index (χ4v) is 1.41. The Morgan fingerprint density at radius 2 is 2.44 bits per heavy atom. The monoisotopic (exact) mass is 271 g/mol. The van der Waals surface area contributed by atoms with Crippen molar-refractivity contribution in [1.29, 1.82) is 0 Å². The molecule has 0 spiro atoms. The zero-order chi connectivity index (χ0) is 13.4. The number of hydrogen-bond acceptors (Lipinski definition) is 4. The van der Waals surface area contributed by atoms with Crippen LogP contribution in [0, 0.1) is 10.1 Å². The molecule has 0 unspecified atom stereocenters. The Morgan fingerprint density at radius 3 is 3.06 bits per heavy atom. The molecule has 1 rings (SSSR count). The average molecular weight is 272 g/mol. The molecule has 1 heterocycles. The second-order valence-electron chi connectivity index (χ2n) is 3.66. The van der Waals surface area contributed by atoms with Gasteiger partial charge in [-0.2, -0.15) is 0 Å². The maximum absolute atomic E-state index is 9.90. The number of nitrogens with one attached hydrogen (secondary N) is 1. The van der Waals surface area contributed by atoms with Crippen molar-refractivity contribution in [2.45, 2.75) is 6.54 Å². The third-order valence-electron chi connectivity index (χ3n) is 2.12. The van der Waals surface area contributed by atoms with Gasteiger partial charge < -0.3 is 10.2 Å². The molecule has 0 bridgehead atoms. The number of hydrazone groups is 1. The number of likely N-dealkylation sites (N-methyl/N-ethyl adjacent to an activating group) is 1. The minimum Gasteiger partial charge on any atom is -0.370 e. The van der Waals surface area contributed by atoms with Crippen LogP contribution in [0.1, 0.15) is 5.56 Å². The highest BCUT2D eigenvalue weighted by Gasteiger charge is 2.00. The standard InChI is InChI=1S/C10H14ClN5O2/c1-15(5-4-12-8-14-16(17)18)7-9-2-3-10(11)13-6-9/h2-3,6,8H,4-5,7H2,1H3,(H,12,14). The normalized spacial score (nSPS) is 11.1. The first kappa shape index (κ1) is 14.3. The third-order valence-corrected chi connectivity index (χ3v) is 2.35. The maximum Gasteiger partial charge on any atom is 0.192 e. The maximum atomic E-state index is 9.90. The first-order valence-corrected chi connectivity index (χ1v) is 5.65. The Balaban J connectivity index is 2.23. The van der Waals surface area contributed by atoms with Gasteiger partial charge in [-0.15, -0.1) is 0 Å². The number of halogens is 1. The number of hydrogen-bond donors (Lipinski definition) is 1. The Hall–Kier alpha value is -1.73. The van der Waals surface area contributed by atoms with Gasteiger partial charge in [0.25, 0.3) is 0 Å². The number of pyridine rings is 1. The zero-order valence-corrected chi connectivity index (χ0v) is 10.7. The third kappa shape index (κ3) is 6.12. The predicted octanol–water partition coefficient (Wildman–Crippen LogP) is 0.976. The van der Waals surface area contributed by atoms with Crippen LogP contribution in [0.5, 0.6) is 0 Å². The summed E-state index contributed by atoms with van der Waals surface area (Å²) in [6.07, 6.45) is 2.80. The van der Waals surface area contributed by atoms with Crippen LogP contribution in [-0.4, -0.2) is 41.4 Å². The van der Waals surface area contributed by atoms with E-state index >= 15 is 0 Å². The van der Waals surface area contributed by atoms with E-state index in [1.807, 2.05) is 13.1 Å². The molecule has 1 aromatic rings. The molecule has 0 aromatic carbocycles. The molecule has 0 aliphatic heterocycles. The largest absolute Gasteiger partial charge is 0.370 e. The molecule has 0 aliphatic rings. The summed E-state index contributed by atoms with van der Waals surface area (Å²) >= 11 is 5.69. The van der Waals surface area contributed by atoms with Crippen molar-refractivity contribution in [2.75, 3.05) is 20.1 Å². The molecule has 0 fully saturated rings. The van der Waals surface area contributed by atoms with Crippen molar-refractivity contribution in [1.82, 2.24) is 15.2 Å². The van der Waals surface area contributed by atoms with Crippen LogP contribution >= 0.6 is 11.6 Å². The Bertz CT molecular complexity index is 409. The Labute approximate surface area is 110 Å². The summed E-state index contributed by atoms with van der Waals surface area (Å²) in [6, 6.07) is 3.65. The van der Waals surface area contributed by atoms with Crippen LogP contribution < -0.4 is 5.32 Å². The van der Waals surface area contributed by atoms with Crippen LogP contribution in [0.25, 0.3) is 0 Å². The summed E-state index contributed by atoms with van der Waals surface area (Å²) in [5.74, 6) is 0. The lowest BCUT2D eigenvalue weighted by Gasteiger charge is -2.15. The van der Waals surface area contributed by atoms with Crippen LogP contribution in [0.3, 0.4) is 0 Å². The first-order chi connectivity index (χ1) is 8.58. The van der Waals surface area contributed by atoms with Gasteiger partial charge in [-0.3, -0.25) is 0 Å². The molecular formula is C10H14ClN5O2. The van der Waals surface area contributed by atoms with Crippen molar-refractivity contribution in [3.05, 3.63) is 39.2 Å². The van der Waals surface area contributed by atoms with E-state index in [-0.39, 0.29) is 0 Å². The average Bonchev–Trinajstić information content (AvgIpc) is 2.31. The van der Waals surface area contributed by atoms with Gasteiger partial charge in [0.15, 0.2) is 11.4 Å². The smallest absolute Gasteiger partial charge is 0.192 e. The van der Waals surface area contributed by atoms with Crippen LogP contribution in [0.2, 0.25) is 5.15 Å². The summed E-state index contributed by atoms with van der Waals surface area (Å²) in [5, 5.41) is 15.3. The lowest BCUT2D eigenvalue weighted by Crippen LogP contribution is -2.28. The van der Waals surface area contributed by atoms with Gasteiger partial charge in [-0.05, 0) is 18.7 Å². The van der Waals surface area contributed by atoms with Crippen LogP contribution in [-0.2, 0) is 6.54 Å². The molecule has 0 saturated carbocycles. The molecule has 1 N–H and O–H groups in total. The minimum absolute atomic E-state index is 0.471. The molecule has 0 aliphatic carbocycles.